The molecule has 1 aromatic heterocycles. The highest BCUT2D eigenvalue weighted by Crippen LogP contribution is 2.34. The first-order valence-electron chi connectivity index (χ1n) is 5.37. The summed E-state index contributed by atoms with van der Waals surface area (Å²) in [6, 6.07) is 1.96. The van der Waals surface area contributed by atoms with Gasteiger partial charge in [-0.25, -0.2) is 0 Å². The Bertz CT molecular complexity index is 417. The fourth-order valence-electron chi connectivity index (χ4n) is 1.82. The summed E-state index contributed by atoms with van der Waals surface area (Å²) in [5.41, 5.74) is 1.91. The predicted octanol–water partition coefficient (Wildman–Crippen LogP) is 2.20. The molecule has 2 atom stereocenters. The van der Waals surface area contributed by atoms with E-state index in [1.807, 2.05) is 13.0 Å². The summed E-state index contributed by atoms with van der Waals surface area (Å²) in [7, 11) is 0. The molecule has 0 radical (unpaired) electrons. The second-order valence-electron chi connectivity index (χ2n) is 4.11. The maximum absolute atomic E-state index is 10.9. The molecule has 0 aliphatic carbocycles. The summed E-state index contributed by atoms with van der Waals surface area (Å²) in [5.74, 6) is 0.923. The van der Waals surface area contributed by atoms with Crippen molar-refractivity contribution >= 4 is 5.97 Å². The van der Waals surface area contributed by atoms with Crippen LogP contribution >= 0.6 is 0 Å². The zero-order valence-electron chi connectivity index (χ0n) is 9.69. The van der Waals surface area contributed by atoms with Gasteiger partial charge in [0.2, 0.25) is 0 Å². The highest BCUT2D eigenvalue weighted by Gasteiger charge is 2.22. The fraction of sp³-hybridized carbons (Fsp3) is 0.500. The van der Waals surface area contributed by atoms with E-state index in [-0.39, 0.29) is 12.1 Å². The van der Waals surface area contributed by atoms with E-state index >= 15 is 0 Å². The van der Waals surface area contributed by atoms with Gasteiger partial charge >= 0.3 is 5.97 Å². The van der Waals surface area contributed by atoms with E-state index < -0.39 is 0 Å². The van der Waals surface area contributed by atoms with Gasteiger partial charge in [0.1, 0.15) is 11.9 Å². The number of carbonyl (C=O) groups is 1. The molecule has 0 fully saturated rings. The van der Waals surface area contributed by atoms with Crippen LogP contribution in [0.15, 0.2) is 12.3 Å². The smallest absolute Gasteiger partial charge is 0.303 e. The molecule has 2 unspecified atom stereocenters. The molecule has 16 heavy (non-hydrogen) atoms. The Morgan fingerprint density at radius 1 is 1.69 bits per heavy atom. The maximum atomic E-state index is 10.9. The first-order valence-corrected chi connectivity index (χ1v) is 5.37. The van der Waals surface area contributed by atoms with E-state index in [2.05, 4.69) is 11.9 Å². The molecule has 0 bridgehead atoms. The Kier molecular flexibility index (Phi) is 2.81. The van der Waals surface area contributed by atoms with Gasteiger partial charge in [-0.3, -0.25) is 9.78 Å². The molecule has 1 aliphatic heterocycles. The summed E-state index contributed by atoms with van der Waals surface area (Å²) in [5, 5.41) is 0. The van der Waals surface area contributed by atoms with Gasteiger partial charge in [-0.05, 0) is 13.0 Å². The van der Waals surface area contributed by atoms with Gasteiger partial charge in [0.05, 0.1) is 18.5 Å². The van der Waals surface area contributed by atoms with Crippen LogP contribution in [-0.2, 0) is 9.53 Å². The Balaban J connectivity index is 2.24. The summed E-state index contributed by atoms with van der Waals surface area (Å²) in [4.78, 5) is 15.1. The molecule has 0 N–H and O–H groups in total. The van der Waals surface area contributed by atoms with E-state index in [0.29, 0.717) is 12.5 Å². The first kappa shape index (κ1) is 10.9. The zero-order valence-corrected chi connectivity index (χ0v) is 9.69. The molecule has 0 spiro atoms. The van der Waals surface area contributed by atoms with Gasteiger partial charge in [-0.15, -0.1) is 0 Å². The molecule has 86 valence electrons. The van der Waals surface area contributed by atoms with Crippen LogP contribution in [0.2, 0.25) is 0 Å². The number of nitrogens with zero attached hydrogens (tertiary/aromatic N) is 1. The van der Waals surface area contributed by atoms with E-state index in [1.165, 1.54) is 6.92 Å². The molecule has 2 rings (SSSR count). The van der Waals surface area contributed by atoms with Crippen molar-refractivity contribution < 1.29 is 14.3 Å². The average Bonchev–Trinajstić information content (AvgIpc) is 2.59. The Morgan fingerprint density at radius 3 is 3.12 bits per heavy atom. The highest BCUT2D eigenvalue weighted by atomic mass is 16.5. The Labute approximate surface area is 94.6 Å². The minimum atomic E-state index is -0.310. The van der Waals surface area contributed by atoms with Crippen molar-refractivity contribution in [3.8, 4) is 5.75 Å². The number of fused-ring (bicyclic) bond motifs is 1. The molecule has 0 amide bonds. The van der Waals surface area contributed by atoms with E-state index in [4.69, 9.17) is 9.47 Å². The molecule has 0 saturated carbocycles. The third-order valence-electron chi connectivity index (χ3n) is 2.70. The molecule has 0 saturated heterocycles. The molecule has 1 aromatic rings. The molecule has 0 aromatic carbocycles. The Hall–Kier alpha value is -1.58. The van der Waals surface area contributed by atoms with Crippen molar-refractivity contribution in [2.45, 2.75) is 32.8 Å². The van der Waals surface area contributed by atoms with Crippen molar-refractivity contribution in [2.24, 2.45) is 0 Å². The SMILES string of the molecule is CC(=O)OC(C)c1cc2c(cn1)OCC2C. The van der Waals surface area contributed by atoms with Gasteiger partial charge < -0.3 is 9.47 Å². The lowest BCUT2D eigenvalue weighted by Gasteiger charge is -2.12. The molecule has 2 heterocycles. The van der Waals surface area contributed by atoms with Crippen LogP contribution in [0.3, 0.4) is 0 Å². The lowest BCUT2D eigenvalue weighted by Crippen LogP contribution is -2.07. The molecular formula is C12H15NO3. The maximum Gasteiger partial charge on any atom is 0.303 e. The monoisotopic (exact) mass is 221 g/mol. The van der Waals surface area contributed by atoms with Crippen LogP contribution in [-0.4, -0.2) is 17.6 Å². The van der Waals surface area contributed by atoms with Crippen molar-refractivity contribution in [2.75, 3.05) is 6.61 Å². The lowest BCUT2D eigenvalue weighted by atomic mass is 10.0. The van der Waals surface area contributed by atoms with Crippen molar-refractivity contribution in [3.05, 3.63) is 23.5 Å². The fourth-order valence-corrected chi connectivity index (χ4v) is 1.82. The van der Waals surface area contributed by atoms with Gasteiger partial charge in [0.15, 0.2) is 0 Å². The van der Waals surface area contributed by atoms with Crippen LogP contribution in [0.1, 0.15) is 44.1 Å². The number of hydrogen-bond donors (Lipinski definition) is 0. The lowest BCUT2D eigenvalue weighted by molar-refractivity contribution is -0.145. The van der Waals surface area contributed by atoms with Gasteiger partial charge in [-0.2, -0.15) is 0 Å². The topological polar surface area (TPSA) is 48.4 Å². The van der Waals surface area contributed by atoms with Gasteiger partial charge in [0.25, 0.3) is 0 Å². The number of carbonyl (C=O) groups excluding carboxylic acids is 1. The highest BCUT2D eigenvalue weighted by molar-refractivity contribution is 5.66. The molecular weight excluding hydrogens is 206 g/mol. The summed E-state index contributed by atoms with van der Waals surface area (Å²) in [6.45, 7) is 6.01. The minimum absolute atomic E-state index is 0.293. The number of rotatable bonds is 2. The second-order valence-corrected chi connectivity index (χ2v) is 4.11. The van der Waals surface area contributed by atoms with Crippen LogP contribution in [0.25, 0.3) is 0 Å². The van der Waals surface area contributed by atoms with Crippen molar-refractivity contribution in [1.82, 2.24) is 4.98 Å². The Morgan fingerprint density at radius 2 is 2.44 bits per heavy atom. The van der Waals surface area contributed by atoms with E-state index in [1.54, 1.807) is 6.20 Å². The number of ether oxygens (including phenoxy) is 2. The number of aromatic nitrogens is 1. The number of pyridine rings is 1. The first-order chi connectivity index (χ1) is 7.58. The molecule has 1 aliphatic rings. The van der Waals surface area contributed by atoms with Gasteiger partial charge in [0, 0.05) is 18.4 Å². The van der Waals surface area contributed by atoms with Crippen LogP contribution < -0.4 is 4.74 Å². The van der Waals surface area contributed by atoms with Crippen molar-refractivity contribution in [3.63, 3.8) is 0 Å². The quantitative estimate of drug-likeness (QED) is 0.718. The predicted molar refractivity (Wildman–Crippen MR) is 58.3 cm³/mol. The van der Waals surface area contributed by atoms with E-state index in [0.717, 1.165) is 17.0 Å². The van der Waals surface area contributed by atoms with E-state index in [9.17, 15) is 4.79 Å². The van der Waals surface area contributed by atoms with Crippen LogP contribution in [0.4, 0.5) is 0 Å². The van der Waals surface area contributed by atoms with Gasteiger partial charge in [-0.1, -0.05) is 6.92 Å². The largest absolute Gasteiger partial charge is 0.491 e. The normalized spacial score (nSPS) is 19.8. The minimum Gasteiger partial charge on any atom is -0.491 e. The average molecular weight is 221 g/mol. The third-order valence-corrected chi connectivity index (χ3v) is 2.70. The van der Waals surface area contributed by atoms with Crippen LogP contribution in [0, 0.1) is 0 Å². The van der Waals surface area contributed by atoms with Crippen LogP contribution in [0.5, 0.6) is 5.75 Å². The summed E-state index contributed by atoms with van der Waals surface area (Å²) < 4.78 is 10.5. The molecule has 4 nitrogen and oxygen atoms in total. The summed E-state index contributed by atoms with van der Waals surface area (Å²) >= 11 is 0. The number of esters is 1. The standard InChI is InChI=1S/C12H15NO3/c1-7-6-15-12-5-13-11(4-10(7)12)8(2)16-9(3)14/h4-5,7-8H,6H2,1-3H3. The number of hydrogen-bond acceptors (Lipinski definition) is 4. The zero-order chi connectivity index (χ0) is 11.7. The third kappa shape index (κ3) is 2.01. The van der Waals surface area contributed by atoms with Crippen molar-refractivity contribution in [1.29, 1.82) is 0 Å². The summed E-state index contributed by atoms with van der Waals surface area (Å²) in [6.07, 6.45) is 1.39. The molecule has 4 heteroatoms. The second kappa shape index (κ2) is 4.12.